The molecule has 14 heavy (non-hydrogen) atoms. The average molecular weight is 276 g/mol. The zero-order valence-electron chi connectivity index (χ0n) is 9.16. The van der Waals surface area contributed by atoms with Gasteiger partial charge >= 0.3 is 6.00 Å². The van der Waals surface area contributed by atoms with Crippen molar-refractivity contribution in [1.29, 1.82) is 0 Å². The van der Waals surface area contributed by atoms with E-state index in [4.69, 9.17) is 33.2 Å². The Morgan fingerprint density at radius 2 is 1.36 bits per heavy atom. The van der Waals surface area contributed by atoms with Crippen molar-refractivity contribution >= 4 is 39.2 Å². The van der Waals surface area contributed by atoms with Crippen LogP contribution in [0.25, 0.3) is 0 Å². The van der Waals surface area contributed by atoms with Crippen molar-refractivity contribution in [2.75, 3.05) is 0 Å². The standard InChI is InChI=1S/C10H21Cl3Si/c1-10(2)8-6-4-3-5-7-9-14(11,12)13/h10H,3-9H2,1-2H3. The Bertz CT molecular complexity index is 132. The highest BCUT2D eigenvalue weighted by Crippen LogP contribution is 2.27. The van der Waals surface area contributed by atoms with Gasteiger partial charge in [-0.25, -0.2) is 0 Å². The number of unbranched alkanes of at least 4 members (excludes halogenated alkanes) is 4. The van der Waals surface area contributed by atoms with Crippen molar-refractivity contribution in [2.45, 2.75) is 58.4 Å². The zero-order chi connectivity index (χ0) is 11.0. The van der Waals surface area contributed by atoms with Gasteiger partial charge in [0, 0.05) is 0 Å². The molecule has 0 aromatic heterocycles. The van der Waals surface area contributed by atoms with Crippen LogP contribution >= 0.6 is 33.2 Å². The van der Waals surface area contributed by atoms with E-state index in [9.17, 15) is 0 Å². The van der Waals surface area contributed by atoms with Crippen molar-refractivity contribution in [1.82, 2.24) is 0 Å². The molecule has 0 aromatic rings. The van der Waals surface area contributed by atoms with Crippen molar-refractivity contribution < 1.29 is 0 Å². The first kappa shape index (κ1) is 15.1. The molecule has 0 saturated carbocycles. The Kier molecular flexibility index (Phi) is 8.90. The molecule has 0 saturated heterocycles. The molecule has 0 fully saturated rings. The summed E-state index contributed by atoms with van der Waals surface area (Å²) in [7, 11) is 0. The molecule has 0 N–H and O–H groups in total. The van der Waals surface area contributed by atoms with E-state index < -0.39 is 6.00 Å². The van der Waals surface area contributed by atoms with Gasteiger partial charge in [0.15, 0.2) is 0 Å². The molecule has 0 unspecified atom stereocenters. The minimum absolute atomic E-state index is 0.821. The smallest absolute Gasteiger partial charge is 0.126 e. The maximum atomic E-state index is 5.78. The van der Waals surface area contributed by atoms with Crippen molar-refractivity contribution in [3.8, 4) is 0 Å². The van der Waals surface area contributed by atoms with Crippen molar-refractivity contribution in [2.24, 2.45) is 5.92 Å². The SMILES string of the molecule is CC(C)CCCCCCC[Si](Cl)(Cl)Cl. The largest absolute Gasteiger partial charge is 0.341 e. The Labute approximate surface area is 103 Å². The van der Waals surface area contributed by atoms with Crippen LogP contribution in [-0.2, 0) is 0 Å². The third-order valence-electron chi connectivity index (χ3n) is 2.24. The van der Waals surface area contributed by atoms with Gasteiger partial charge in [-0.15, -0.1) is 33.2 Å². The molecule has 0 nitrogen and oxygen atoms in total. The topological polar surface area (TPSA) is 0 Å². The fourth-order valence-electron chi connectivity index (χ4n) is 1.41. The molecule has 0 radical (unpaired) electrons. The van der Waals surface area contributed by atoms with E-state index in [0.29, 0.717) is 0 Å². The lowest BCUT2D eigenvalue weighted by Crippen LogP contribution is -2.07. The highest BCUT2D eigenvalue weighted by atomic mass is 35.8. The normalized spacial score (nSPS) is 12.4. The summed E-state index contributed by atoms with van der Waals surface area (Å²) in [5.74, 6) is 0.837. The highest BCUT2D eigenvalue weighted by Gasteiger charge is 2.23. The third-order valence-corrected chi connectivity index (χ3v) is 4.86. The molecule has 0 heterocycles. The molecule has 0 bridgehead atoms. The maximum absolute atomic E-state index is 5.78. The molecule has 0 aliphatic carbocycles. The molecular formula is C10H21Cl3Si. The summed E-state index contributed by atoms with van der Waals surface area (Å²) in [6.07, 6.45) is 7.63. The van der Waals surface area contributed by atoms with E-state index in [0.717, 1.165) is 18.4 Å². The van der Waals surface area contributed by atoms with Gasteiger partial charge in [-0.05, 0) is 12.0 Å². The van der Waals surface area contributed by atoms with Gasteiger partial charge in [0.25, 0.3) is 0 Å². The predicted octanol–water partition coefficient (Wildman–Crippen LogP) is 5.64. The number of hydrogen-bond donors (Lipinski definition) is 0. The molecule has 86 valence electrons. The van der Waals surface area contributed by atoms with Crippen LogP contribution in [0, 0.1) is 5.92 Å². The quantitative estimate of drug-likeness (QED) is 0.305. The van der Waals surface area contributed by atoms with Crippen molar-refractivity contribution in [3.63, 3.8) is 0 Å². The van der Waals surface area contributed by atoms with E-state index in [1.165, 1.54) is 32.1 Å². The van der Waals surface area contributed by atoms with Crippen molar-refractivity contribution in [3.05, 3.63) is 0 Å². The number of rotatable bonds is 8. The lowest BCUT2D eigenvalue weighted by atomic mass is 10.0. The summed E-state index contributed by atoms with van der Waals surface area (Å²) in [6, 6.07) is -1.51. The molecule has 0 aromatic carbocycles. The van der Waals surface area contributed by atoms with Gasteiger partial charge in [0.2, 0.25) is 0 Å². The summed E-state index contributed by atoms with van der Waals surface area (Å²) in [5.41, 5.74) is 0. The third kappa shape index (κ3) is 13.1. The average Bonchev–Trinajstić information content (AvgIpc) is 2.00. The van der Waals surface area contributed by atoms with E-state index in [-0.39, 0.29) is 0 Å². The molecule has 0 amide bonds. The first-order chi connectivity index (χ1) is 6.42. The lowest BCUT2D eigenvalue weighted by Gasteiger charge is -2.07. The Morgan fingerprint density at radius 1 is 0.857 bits per heavy atom. The molecule has 4 heteroatoms. The summed E-state index contributed by atoms with van der Waals surface area (Å²) >= 11 is 17.4. The summed E-state index contributed by atoms with van der Waals surface area (Å²) < 4.78 is 0. The van der Waals surface area contributed by atoms with E-state index in [2.05, 4.69) is 13.8 Å². The van der Waals surface area contributed by atoms with Crippen LogP contribution in [0.2, 0.25) is 6.04 Å². The van der Waals surface area contributed by atoms with Crippen LogP contribution in [0.15, 0.2) is 0 Å². The van der Waals surface area contributed by atoms with E-state index in [1.807, 2.05) is 0 Å². The summed E-state index contributed by atoms with van der Waals surface area (Å²) in [6.45, 7) is 4.54. The molecule has 0 aliphatic rings. The second-order valence-electron chi connectivity index (χ2n) is 4.32. The second-order valence-corrected chi connectivity index (χ2v) is 13.6. The monoisotopic (exact) mass is 274 g/mol. The Morgan fingerprint density at radius 3 is 1.86 bits per heavy atom. The van der Waals surface area contributed by atoms with Gasteiger partial charge in [-0.3, -0.25) is 0 Å². The minimum Gasteiger partial charge on any atom is -0.126 e. The van der Waals surface area contributed by atoms with Crippen LogP contribution in [0.1, 0.15) is 52.4 Å². The van der Waals surface area contributed by atoms with Gasteiger partial charge in [-0.2, -0.15) is 0 Å². The van der Waals surface area contributed by atoms with Crippen LogP contribution in [0.4, 0.5) is 0 Å². The Hall–Kier alpha value is 1.09. The Balaban J connectivity index is 3.07. The van der Waals surface area contributed by atoms with Crippen LogP contribution in [-0.4, -0.2) is 6.00 Å². The fraction of sp³-hybridized carbons (Fsp3) is 1.00. The molecule has 0 atom stereocenters. The zero-order valence-corrected chi connectivity index (χ0v) is 12.4. The fourth-order valence-corrected chi connectivity index (χ4v) is 3.26. The van der Waals surface area contributed by atoms with Crippen LogP contribution < -0.4 is 0 Å². The molecular weight excluding hydrogens is 255 g/mol. The highest BCUT2D eigenvalue weighted by molar-refractivity contribution is 7.64. The number of hydrogen-bond acceptors (Lipinski definition) is 0. The molecule has 0 aliphatic heterocycles. The predicted molar refractivity (Wildman–Crippen MR) is 70.7 cm³/mol. The van der Waals surface area contributed by atoms with E-state index >= 15 is 0 Å². The number of halogens is 3. The minimum atomic E-state index is -2.33. The first-order valence-electron chi connectivity index (χ1n) is 5.48. The second kappa shape index (κ2) is 8.26. The molecule has 0 rings (SSSR count). The lowest BCUT2D eigenvalue weighted by molar-refractivity contribution is 0.518. The van der Waals surface area contributed by atoms with Crippen LogP contribution in [0.3, 0.4) is 0 Å². The maximum Gasteiger partial charge on any atom is 0.341 e. The van der Waals surface area contributed by atoms with Gasteiger partial charge in [0.1, 0.15) is 0 Å². The van der Waals surface area contributed by atoms with Crippen LogP contribution in [0.5, 0.6) is 0 Å². The molecule has 0 spiro atoms. The van der Waals surface area contributed by atoms with Gasteiger partial charge < -0.3 is 0 Å². The van der Waals surface area contributed by atoms with Gasteiger partial charge in [0.05, 0.1) is 0 Å². The van der Waals surface area contributed by atoms with Gasteiger partial charge in [-0.1, -0.05) is 52.4 Å². The first-order valence-corrected chi connectivity index (χ1v) is 10.7. The summed E-state index contributed by atoms with van der Waals surface area (Å²) in [5, 5.41) is 0. The summed E-state index contributed by atoms with van der Waals surface area (Å²) in [4.78, 5) is 0. The van der Waals surface area contributed by atoms with E-state index in [1.54, 1.807) is 0 Å².